The topological polar surface area (TPSA) is 32.7 Å². The van der Waals surface area contributed by atoms with E-state index in [0.29, 0.717) is 6.61 Å². The lowest BCUT2D eigenvalue weighted by atomic mass is 9.81. The number of rotatable bonds is 8. The zero-order valence-electron chi connectivity index (χ0n) is 17.7. The molecule has 4 heteroatoms. The largest absolute Gasteiger partial charge is 0.508 e. The van der Waals surface area contributed by atoms with Crippen LogP contribution in [-0.4, -0.2) is 37.3 Å². The number of benzene rings is 3. The van der Waals surface area contributed by atoms with Gasteiger partial charge in [0.25, 0.3) is 0 Å². The Morgan fingerprint density at radius 3 is 2.03 bits per heavy atom. The first-order valence-corrected chi connectivity index (χ1v) is 10.1. The van der Waals surface area contributed by atoms with E-state index in [0.717, 1.165) is 34.6 Å². The lowest BCUT2D eigenvalue weighted by Crippen LogP contribution is -2.19. The third-order valence-electron chi connectivity index (χ3n) is 5.05. The normalized spacial score (nSPS) is 12.8. The smallest absolute Gasteiger partial charge is 0.123 e. The number of ether oxygens (including phenoxy) is 1. The van der Waals surface area contributed by atoms with Gasteiger partial charge in [-0.2, -0.15) is 0 Å². The Bertz CT molecular complexity index is 961. The highest BCUT2D eigenvalue weighted by Gasteiger charge is 2.20. The molecule has 0 saturated heterocycles. The molecule has 0 amide bonds. The van der Waals surface area contributed by atoms with Crippen molar-refractivity contribution in [2.24, 2.45) is 0 Å². The van der Waals surface area contributed by atoms with Gasteiger partial charge in [0.2, 0.25) is 0 Å². The van der Waals surface area contributed by atoms with Crippen LogP contribution >= 0.6 is 0 Å². The van der Waals surface area contributed by atoms with Crippen molar-refractivity contribution in [2.45, 2.75) is 12.8 Å². The molecule has 0 spiro atoms. The SMILES string of the molecule is C/C=C(/c1ccc(F)cc1)C(c1ccc(O)cc1)c1ccc(OCCN(C)C)cc1. The van der Waals surface area contributed by atoms with Gasteiger partial charge in [-0.05, 0) is 79.7 Å². The summed E-state index contributed by atoms with van der Waals surface area (Å²) in [6.45, 7) is 3.47. The van der Waals surface area contributed by atoms with Gasteiger partial charge in [-0.15, -0.1) is 0 Å². The van der Waals surface area contributed by atoms with E-state index in [9.17, 15) is 9.50 Å². The predicted octanol–water partition coefficient (Wildman–Crippen LogP) is 5.71. The van der Waals surface area contributed by atoms with Crippen molar-refractivity contribution >= 4 is 5.57 Å². The Kier molecular flexibility index (Phi) is 7.26. The number of likely N-dealkylation sites (N-methyl/N-ethyl adjacent to an activating group) is 1. The van der Waals surface area contributed by atoms with E-state index < -0.39 is 0 Å². The first-order valence-electron chi connectivity index (χ1n) is 10.1. The maximum absolute atomic E-state index is 13.5. The zero-order valence-corrected chi connectivity index (χ0v) is 17.7. The average molecular weight is 406 g/mol. The second-order valence-corrected chi connectivity index (χ2v) is 7.50. The zero-order chi connectivity index (χ0) is 21.5. The monoisotopic (exact) mass is 405 g/mol. The fourth-order valence-corrected chi connectivity index (χ4v) is 3.46. The van der Waals surface area contributed by atoms with E-state index in [1.54, 1.807) is 24.3 Å². The van der Waals surface area contributed by atoms with Crippen LogP contribution < -0.4 is 4.74 Å². The number of aromatic hydroxyl groups is 1. The standard InChI is InChI=1S/C26H28FNO2/c1-4-25(19-5-11-22(27)12-6-19)26(20-7-13-23(29)14-8-20)21-9-15-24(16-10-21)30-18-17-28(2)3/h4-16,26,29H,17-18H2,1-3H3/b25-4-. The van der Waals surface area contributed by atoms with Crippen molar-refractivity contribution in [1.29, 1.82) is 0 Å². The maximum Gasteiger partial charge on any atom is 0.123 e. The molecule has 0 radical (unpaired) electrons. The molecule has 3 nitrogen and oxygen atoms in total. The Hall–Kier alpha value is -3.11. The molecule has 3 rings (SSSR count). The highest BCUT2D eigenvalue weighted by molar-refractivity contribution is 5.75. The third-order valence-corrected chi connectivity index (χ3v) is 5.05. The summed E-state index contributed by atoms with van der Waals surface area (Å²) in [6.07, 6.45) is 2.06. The van der Waals surface area contributed by atoms with Gasteiger partial charge in [0.05, 0.1) is 0 Å². The van der Waals surface area contributed by atoms with Crippen molar-refractivity contribution < 1.29 is 14.2 Å². The van der Waals surface area contributed by atoms with Crippen LogP contribution in [-0.2, 0) is 0 Å². The lowest BCUT2D eigenvalue weighted by Gasteiger charge is -2.23. The second kappa shape index (κ2) is 10.1. The molecule has 1 N–H and O–H groups in total. The van der Waals surface area contributed by atoms with Crippen LogP contribution in [0.1, 0.15) is 29.5 Å². The molecular weight excluding hydrogens is 377 g/mol. The Balaban J connectivity index is 1.95. The molecule has 3 aromatic carbocycles. The Morgan fingerprint density at radius 2 is 1.50 bits per heavy atom. The van der Waals surface area contributed by atoms with Crippen molar-refractivity contribution in [1.82, 2.24) is 4.90 Å². The number of hydrogen-bond acceptors (Lipinski definition) is 3. The van der Waals surface area contributed by atoms with Crippen LogP contribution in [0.3, 0.4) is 0 Å². The molecule has 0 aromatic heterocycles. The quantitative estimate of drug-likeness (QED) is 0.521. The molecule has 0 fully saturated rings. The van der Waals surface area contributed by atoms with Crippen LogP contribution in [0.2, 0.25) is 0 Å². The summed E-state index contributed by atoms with van der Waals surface area (Å²) >= 11 is 0. The highest BCUT2D eigenvalue weighted by atomic mass is 19.1. The average Bonchev–Trinajstić information content (AvgIpc) is 2.74. The molecule has 0 aliphatic rings. The summed E-state index contributed by atoms with van der Waals surface area (Å²) < 4.78 is 19.3. The minimum Gasteiger partial charge on any atom is -0.508 e. The van der Waals surface area contributed by atoms with Crippen LogP contribution in [0, 0.1) is 5.82 Å². The first-order chi connectivity index (χ1) is 14.5. The van der Waals surface area contributed by atoms with Gasteiger partial charge in [-0.1, -0.05) is 42.5 Å². The number of allylic oxidation sites excluding steroid dienone is 2. The summed E-state index contributed by atoms with van der Waals surface area (Å²) in [5, 5.41) is 9.73. The Labute approximate surface area is 178 Å². The van der Waals surface area contributed by atoms with Crippen molar-refractivity contribution in [3.63, 3.8) is 0 Å². The van der Waals surface area contributed by atoms with E-state index in [2.05, 4.69) is 23.1 Å². The lowest BCUT2D eigenvalue weighted by molar-refractivity contribution is 0.261. The van der Waals surface area contributed by atoms with Crippen LogP contribution in [0.15, 0.2) is 78.9 Å². The summed E-state index contributed by atoms with van der Waals surface area (Å²) in [7, 11) is 4.03. The van der Waals surface area contributed by atoms with E-state index in [4.69, 9.17) is 4.74 Å². The predicted molar refractivity (Wildman–Crippen MR) is 120 cm³/mol. The number of phenolic OH excluding ortho intramolecular Hbond substituents is 1. The maximum atomic E-state index is 13.5. The molecule has 0 aliphatic heterocycles. The third kappa shape index (κ3) is 5.49. The van der Waals surface area contributed by atoms with Gasteiger partial charge in [0.15, 0.2) is 0 Å². The molecule has 0 aliphatic carbocycles. The molecule has 0 heterocycles. The van der Waals surface area contributed by atoms with E-state index >= 15 is 0 Å². The molecule has 156 valence electrons. The number of halogens is 1. The molecule has 3 aromatic rings. The van der Waals surface area contributed by atoms with Gasteiger partial charge < -0.3 is 14.7 Å². The summed E-state index contributed by atoms with van der Waals surface area (Å²) in [4.78, 5) is 2.08. The molecule has 1 unspecified atom stereocenters. The molecule has 0 saturated carbocycles. The Morgan fingerprint density at radius 1 is 0.933 bits per heavy atom. The van der Waals surface area contributed by atoms with Crippen molar-refractivity contribution in [2.75, 3.05) is 27.2 Å². The number of nitrogens with zero attached hydrogens (tertiary/aromatic N) is 1. The second-order valence-electron chi connectivity index (χ2n) is 7.50. The molecule has 30 heavy (non-hydrogen) atoms. The minimum absolute atomic E-state index is 0.0584. The van der Waals surface area contributed by atoms with Crippen LogP contribution in [0.4, 0.5) is 4.39 Å². The first kappa shape index (κ1) is 21.6. The van der Waals surface area contributed by atoms with Crippen LogP contribution in [0.25, 0.3) is 5.57 Å². The molecule has 1 atom stereocenters. The number of hydrogen-bond donors (Lipinski definition) is 1. The van der Waals surface area contributed by atoms with Gasteiger partial charge in [-0.3, -0.25) is 0 Å². The molecular formula is C26H28FNO2. The summed E-state index contributed by atoms with van der Waals surface area (Å²) in [5.41, 5.74) is 4.18. The van der Waals surface area contributed by atoms with Gasteiger partial charge in [-0.25, -0.2) is 4.39 Å². The summed E-state index contributed by atoms with van der Waals surface area (Å²) in [5.74, 6) is 0.742. The van der Waals surface area contributed by atoms with E-state index in [1.165, 1.54) is 12.1 Å². The molecule has 0 bridgehead atoms. The van der Waals surface area contributed by atoms with Crippen molar-refractivity contribution in [3.05, 3.63) is 101 Å². The fraction of sp³-hybridized carbons (Fsp3) is 0.231. The highest BCUT2D eigenvalue weighted by Crippen LogP contribution is 2.39. The van der Waals surface area contributed by atoms with Crippen LogP contribution in [0.5, 0.6) is 11.5 Å². The fourth-order valence-electron chi connectivity index (χ4n) is 3.46. The van der Waals surface area contributed by atoms with Gasteiger partial charge in [0, 0.05) is 12.5 Å². The summed E-state index contributed by atoms with van der Waals surface area (Å²) in [6, 6.07) is 21.9. The van der Waals surface area contributed by atoms with Crippen molar-refractivity contribution in [3.8, 4) is 11.5 Å². The van der Waals surface area contributed by atoms with Gasteiger partial charge >= 0.3 is 0 Å². The van der Waals surface area contributed by atoms with E-state index in [-0.39, 0.29) is 17.5 Å². The van der Waals surface area contributed by atoms with Gasteiger partial charge in [0.1, 0.15) is 23.9 Å². The minimum atomic E-state index is -0.255. The number of phenols is 1. The van der Waals surface area contributed by atoms with E-state index in [1.807, 2.05) is 45.3 Å².